The Labute approximate surface area is 330 Å². The number of nitrogens with zero attached hydrogens (tertiary/aromatic N) is 5. The Hall–Kier alpha value is -2.34. The van der Waals surface area contributed by atoms with Gasteiger partial charge in [-0.2, -0.15) is 5.10 Å². The highest BCUT2D eigenvalue weighted by Crippen LogP contribution is 2.75. The van der Waals surface area contributed by atoms with Crippen molar-refractivity contribution in [3.63, 3.8) is 0 Å². The summed E-state index contributed by atoms with van der Waals surface area (Å²) in [5.74, 6) is 0.629. The first kappa shape index (κ1) is 40.8. The van der Waals surface area contributed by atoms with Crippen LogP contribution >= 0.6 is 0 Å². The maximum absolute atomic E-state index is 14.3. The molecule has 2 aliphatic heterocycles. The van der Waals surface area contributed by atoms with E-state index < -0.39 is 22.8 Å². The first-order valence-corrected chi connectivity index (χ1v) is 21.5. The topological polar surface area (TPSA) is 136 Å². The van der Waals surface area contributed by atoms with Crippen molar-refractivity contribution in [3.8, 4) is 0 Å². The number of fused-ring (bicyclic) bond motifs is 3. The maximum Gasteiger partial charge on any atom is 0.307 e. The quantitative estimate of drug-likeness (QED) is 0.268. The molecule has 3 saturated carbocycles. The van der Waals surface area contributed by atoms with E-state index in [1.54, 1.807) is 6.33 Å². The van der Waals surface area contributed by atoms with Crippen molar-refractivity contribution < 1.29 is 24.2 Å². The number of rotatable bonds is 9. The van der Waals surface area contributed by atoms with Crippen molar-refractivity contribution in [2.75, 3.05) is 53.0 Å². The monoisotopic (exact) mass is 765 g/mol. The summed E-state index contributed by atoms with van der Waals surface area (Å²) in [6.07, 6.45) is 9.13. The molecular formula is C44H72N6O5. The number of amides is 1. The molecule has 11 heteroatoms. The Balaban J connectivity index is 1.33. The van der Waals surface area contributed by atoms with E-state index in [2.05, 4.69) is 92.2 Å². The number of carboxylic acid groups (broad SMARTS) is 1. The maximum atomic E-state index is 14.3. The molecule has 4 aliphatic carbocycles. The van der Waals surface area contributed by atoms with Gasteiger partial charge in [-0.1, -0.05) is 74.0 Å². The minimum atomic E-state index is -0.643. The molecule has 1 amide bonds. The number of carbonyl (C=O) groups excluding carboxylic acids is 1. The van der Waals surface area contributed by atoms with E-state index in [-0.39, 0.29) is 57.5 Å². The summed E-state index contributed by atoms with van der Waals surface area (Å²) < 4.78 is 15.8. The molecule has 5 fully saturated rings. The van der Waals surface area contributed by atoms with E-state index in [1.165, 1.54) is 5.57 Å². The van der Waals surface area contributed by atoms with Crippen LogP contribution in [-0.2, 0) is 14.3 Å². The number of aliphatic carboxylic acids is 1. The molecule has 7 rings (SSSR count). The van der Waals surface area contributed by atoms with E-state index in [1.807, 2.05) is 9.58 Å². The molecule has 12 atom stereocenters. The van der Waals surface area contributed by atoms with Crippen LogP contribution in [0, 0.1) is 62.6 Å². The fourth-order valence-corrected chi connectivity index (χ4v) is 13.4. The standard InChI is InChI=1S/C44H72N6O5/c1-27(2)29(5)39(6)16-17-41(8)30-12-13-33-40(7)23-54-25-44(33,31(30)14-15-42(41,9)34(39)38(52)53)22-32(35(40)55-24-43(10,45)28(3)4)50-36(46-26-47-50)37(51)49-20-18-48(11)19-21-49/h14,26-30,32-35H,12-13,15-25,45H2,1-11H3,(H,52,53)/t29-,30+,32-,33+,34-,35+,39-,40-,41-,42+,43+,44+/m1/s1. The molecule has 1 aromatic heterocycles. The Morgan fingerprint density at radius 1 is 1.04 bits per heavy atom. The number of hydrogen-bond acceptors (Lipinski definition) is 8. The van der Waals surface area contributed by atoms with Crippen LogP contribution in [0.5, 0.6) is 0 Å². The zero-order valence-electron chi connectivity index (χ0n) is 35.9. The van der Waals surface area contributed by atoms with Gasteiger partial charge in [0.1, 0.15) is 6.33 Å². The molecule has 3 N–H and O–H groups in total. The number of hydrogen-bond donors (Lipinski definition) is 2. The summed E-state index contributed by atoms with van der Waals surface area (Å²) in [7, 11) is 2.09. The molecule has 0 unspecified atom stereocenters. The van der Waals surface area contributed by atoms with Crippen molar-refractivity contribution in [2.24, 2.45) is 68.3 Å². The zero-order valence-corrected chi connectivity index (χ0v) is 35.9. The van der Waals surface area contributed by atoms with Crippen molar-refractivity contribution in [3.05, 3.63) is 23.8 Å². The van der Waals surface area contributed by atoms with Gasteiger partial charge in [0.05, 0.1) is 37.9 Å². The van der Waals surface area contributed by atoms with Gasteiger partial charge in [-0.15, -0.1) is 0 Å². The molecule has 6 aliphatic rings. The van der Waals surface area contributed by atoms with Gasteiger partial charge in [-0.3, -0.25) is 9.59 Å². The third kappa shape index (κ3) is 6.00. The number of piperazine rings is 1. The number of carbonyl (C=O) groups is 2. The van der Waals surface area contributed by atoms with Crippen LogP contribution in [0.25, 0.3) is 0 Å². The molecular weight excluding hydrogens is 693 g/mol. The van der Waals surface area contributed by atoms with Gasteiger partial charge in [0, 0.05) is 42.5 Å². The third-order valence-corrected chi connectivity index (χ3v) is 17.9. The van der Waals surface area contributed by atoms with E-state index in [4.69, 9.17) is 20.3 Å². The third-order valence-electron chi connectivity index (χ3n) is 17.9. The van der Waals surface area contributed by atoms with Gasteiger partial charge in [0.15, 0.2) is 0 Å². The van der Waals surface area contributed by atoms with Crippen LogP contribution < -0.4 is 5.73 Å². The number of carboxylic acids is 1. The lowest BCUT2D eigenvalue weighted by molar-refractivity contribution is -0.252. The van der Waals surface area contributed by atoms with Crippen molar-refractivity contribution >= 4 is 11.9 Å². The van der Waals surface area contributed by atoms with E-state index >= 15 is 0 Å². The van der Waals surface area contributed by atoms with E-state index in [0.717, 1.165) is 45.2 Å². The predicted molar refractivity (Wildman–Crippen MR) is 213 cm³/mol. The summed E-state index contributed by atoms with van der Waals surface area (Å²) >= 11 is 0. The van der Waals surface area contributed by atoms with Gasteiger partial charge in [0.2, 0.25) is 5.82 Å². The summed E-state index contributed by atoms with van der Waals surface area (Å²) in [5.41, 5.74) is 6.22. The van der Waals surface area contributed by atoms with Crippen LogP contribution in [0.3, 0.4) is 0 Å². The molecule has 308 valence electrons. The smallest absolute Gasteiger partial charge is 0.307 e. The summed E-state index contributed by atoms with van der Waals surface area (Å²) in [5, 5.41) is 16.0. The van der Waals surface area contributed by atoms with E-state index in [0.29, 0.717) is 57.0 Å². The first-order valence-electron chi connectivity index (χ1n) is 21.5. The van der Waals surface area contributed by atoms with E-state index in [9.17, 15) is 14.7 Å². The molecule has 2 saturated heterocycles. The number of nitrogens with two attached hydrogens (primary N) is 1. The zero-order chi connectivity index (χ0) is 40.1. The molecule has 2 bridgehead atoms. The highest BCUT2D eigenvalue weighted by Gasteiger charge is 2.72. The average Bonchev–Trinajstić information content (AvgIpc) is 3.61. The molecule has 0 radical (unpaired) electrons. The Morgan fingerprint density at radius 2 is 1.73 bits per heavy atom. The minimum Gasteiger partial charge on any atom is -0.481 e. The van der Waals surface area contributed by atoms with Gasteiger partial charge in [-0.25, -0.2) is 9.67 Å². The second-order valence-corrected chi connectivity index (χ2v) is 21.1. The number of aromatic nitrogens is 3. The predicted octanol–water partition coefficient (Wildman–Crippen LogP) is 6.55. The Kier molecular flexibility index (Phi) is 10.3. The lowest BCUT2D eigenvalue weighted by Crippen LogP contribution is -2.69. The summed E-state index contributed by atoms with van der Waals surface area (Å²) in [4.78, 5) is 36.7. The lowest BCUT2D eigenvalue weighted by atomic mass is 9.34. The van der Waals surface area contributed by atoms with Crippen LogP contribution in [0.15, 0.2) is 18.0 Å². The van der Waals surface area contributed by atoms with Crippen LogP contribution in [0.1, 0.15) is 124 Å². The van der Waals surface area contributed by atoms with Crippen LogP contribution in [0.4, 0.5) is 0 Å². The fraction of sp³-hybridized carbons (Fsp3) is 0.864. The van der Waals surface area contributed by atoms with Crippen molar-refractivity contribution in [1.29, 1.82) is 0 Å². The molecule has 55 heavy (non-hydrogen) atoms. The van der Waals surface area contributed by atoms with Crippen molar-refractivity contribution in [2.45, 2.75) is 125 Å². The normalized spacial score (nSPS) is 42.2. The number of likely N-dealkylation sites (N-methyl/N-ethyl adjacent to an activating group) is 1. The fourth-order valence-electron chi connectivity index (χ4n) is 13.4. The average molecular weight is 765 g/mol. The molecule has 11 nitrogen and oxygen atoms in total. The highest BCUT2D eigenvalue weighted by molar-refractivity contribution is 5.90. The number of ether oxygens (including phenoxy) is 2. The van der Waals surface area contributed by atoms with Gasteiger partial charge < -0.3 is 30.1 Å². The van der Waals surface area contributed by atoms with Crippen LogP contribution in [-0.4, -0.2) is 106 Å². The second-order valence-electron chi connectivity index (χ2n) is 21.1. The summed E-state index contributed by atoms with van der Waals surface area (Å²) in [6, 6.07) is -0.268. The highest BCUT2D eigenvalue weighted by atomic mass is 16.5. The molecule has 1 aromatic rings. The lowest BCUT2D eigenvalue weighted by Gasteiger charge is -2.71. The van der Waals surface area contributed by atoms with Gasteiger partial charge in [0.25, 0.3) is 5.91 Å². The Morgan fingerprint density at radius 3 is 2.36 bits per heavy atom. The Bertz CT molecular complexity index is 1670. The first-order chi connectivity index (χ1) is 25.7. The van der Waals surface area contributed by atoms with Crippen molar-refractivity contribution in [1.82, 2.24) is 24.6 Å². The minimum absolute atomic E-state index is 0.0800. The van der Waals surface area contributed by atoms with Gasteiger partial charge in [-0.05, 0) is 98.3 Å². The van der Waals surface area contributed by atoms with Crippen LogP contribution in [0.2, 0.25) is 0 Å². The number of allylic oxidation sites excluding steroid dienone is 1. The van der Waals surface area contributed by atoms with Gasteiger partial charge >= 0.3 is 5.97 Å². The SMILES string of the molecule is CC(C)[C@@H](C)[C@@]1(C)CC[C@]2(C)[C@H]3CC[C@@H]4[C@@]5(COC[C@@]4(C)[C@@H](OC[C@](C)(N)C(C)C)[C@H](n4ncnc4C(=O)N4CCN(C)CC4)C5)C3=CC[C@@]2(C)[C@@H]1C(=O)O. The molecule has 0 spiro atoms. The largest absolute Gasteiger partial charge is 0.481 e. The summed E-state index contributed by atoms with van der Waals surface area (Å²) in [6.45, 7) is 27.0. The second kappa shape index (κ2) is 13.9. The molecule has 3 heterocycles. The molecule has 0 aromatic carbocycles.